The van der Waals surface area contributed by atoms with Crippen molar-refractivity contribution in [2.75, 3.05) is 18.9 Å². The van der Waals surface area contributed by atoms with E-state index in [0.29, 0.717) is 5.82 Å². The number of benzene rings is 1. The quantitative estimate of drug-likeness (QED) is 0.906. The van der Waals surface area contributed by atoms with Crippen LogP contribution in [0.3, 0.4) is 0 Å². The monoisotopic (exact) mass is 340 g/mol. The molecule has 3 rings (SSSR count). The average molecular weight is 340 g/mol. The van der Waals surface area contributed by atoms with Crippen LogP contribution in [0, 0.1) is 0 Å². The van der Waals surface area contributed by atoms with Gasteiger partial charge in [0.05, 0.1) is 5.69 Å². The number of fused-ring (bicyclic) bond motifs is 1. The summed E-state index contributed by atoms with van der Waals surface area (Å²) in [6, 6.07) is 10.0. The molecule has 1 aliphatic rings. The standard InChI is InChI=1S/C19H24N4O2/c1-19(2,3)25-18(24)20-17-8-7-16(21-22-17)14-6-5-13-9-10-23(4)12-15(13)11-14/h5-8,11H,9-10,12H2,1-4H3,(H,20,22,24). The van der Waals surface area contributed by atoms with Crippen molar-refractivity contribution in [2.24, 2.45) is 0 Å². The lowest BCUT2D eigenvalue weighted by atomic mass is 9.96. The highest BCUT2D eigenvalue weighted by atomic mass is 16.6. The van der Waals surface area contributed by atoms with Crippen LogP contribution in [0.1, 0.15) is 31.9 Å². The van der Waals surface area contributed by atoms with Crippen LogP contribution in [0.5, 0.6) is 0 Å². The van der Waals surface area contributed by atoms with Gasteiger partial charge in [0.25, 0.3) is 0 Å². The third-order valence-corrected chi connectivity index (χ3v) is 4.00. The molecule has 0 fully saturated rings. The third-order valence-electron chi connectivity index (χ3n) is 4.00. The molecule has 1 amide bonds. The molecule has 1 N–H and O–H groups in total. The third kappa shape index (κ3) is 4.54. The number of aromatic nitrogens is 2. The summed E-state index contributed by atoms with van der Waals surface area (Å²) in [6.45, 7) is 7.49. The van der Waals surface area contributed by atoms with E-state index in [4.69, 9.17) is 4.74 Å². The van der Waals surface area contributed by atoms with Gasteiger partial charge in [-0.25, -0.2) is 4.79 Å². The van der Waals surface area contributed by atoms with E-state index >= 15 is 0 Å². The minimum atomic E-state index is -0.548. The second-order valence-electron chi connectivity index (χ2n) is 7.40. The van der Waals surface area contributed by atoms with E-state index in [-0.39, 0.29) is 0 Å². The number of carbonyl (C=O) groups excluding carboxylic acids is 1. The van der Waals surface area contributed by atoms with Gasteiger partial charge in [-0.1, -0.05) is 12.1 Å². The molecule has 0 aliphatic carbocycles. The Kier molecular flexibility index (Phi) is 4.72. The van der Waals surface area contributed by atoms with Gasteiger partial charge in [0.2, 0.25) is 0 Å². The van der Waals surface area contributed by atoms with Gasteiger partial charge in [0.1, 0.15) is 5.60 Å². The number of carbonyl (C=O) groups is 1. The lowest BCUT2D eigenvalue weighted by molar-refractivity contribution is 0.0635. The minimum Gasteiger partial charge on any atom is -0.444 e. The van der Waals surface area contributed by atoms with Gasteiger partial charge in [-0.2, -0.15) is 0 Å². The van der Waals surface area contributed by atoms with E-state index in [9.17, 15) is 4.79 Å². The normalized spacial score (nSPS) is 14.7. The first-order valence-corrected chi connectivity index (χ1v) is 8.45. The zero-order chi connectivity index (χ0) is 18.0. The van der Waals surface area contributed by atoms with Gasteiger partial charge in [-0.3, -0.25) is 5.32 Å². The molecule has 25 heavy (non-hydrogen) atoms. The van der Waals surface area contributed by atoms with Crippen LogP contribution in [0.15, 0.2) is 30.3 Å². The smallest absolute Gasteiger partial charge is 0.413 e. The summed E-state index contributed by atoms with van der Waals surface area (Å²) in [7, 11) is 2.13. The summed E-state index contributed by atoms with van der Waals surface area (Å²) in [5.74, 6) is 0.371. The molecule has 0 atom stereocenters. The second-order valence-corrected chi connectivity index (χ2v) is 7.40. The molecule has 6 heteroatoms. The Balaban J connectivity index is 1.72. The van der Waals surface area contributed by atoms with Crippen molar-refractivity contribution in [2.45, 2.75) is 39.3 Å². The van der Waals surface area contributed by atoms with Gasteiger partial charge >= 0.3 is 6.09 Å². The molecule has 0 unspecified atom stereocenters. The summed E-state index contributed by atoms with van der Waals surface area (Å²) in [5, 5.41) is 10.9. The number of nitrogens with one attached hydrogen (secondary N) is 1. The fourth-order valence-corrected chi connectivity index (χ4v) is 2.82. The molecule has 0 spiro atoms. The first kappa shape index (κ1) is 17.4. The highest BCUT2D eigenvalue weighted by molar-refractivity contribution is 5.83. The van der Waals surface area contributed by atoms with Gasteiger partial charge in [0.15, 0.2) is 5.82 Å². The Labute approximate surface area is 148 Å². The molecule has 1 aromatic carbocycles. The summed E-state index contributed by atoms with van der Waals surface area (Å²) in [4.78, 5) is 14.1. The van der Waals surface area contributed by atoms with E-state index in [1.165, 1.54) is 11.1 Å². The van der Waals surface area contributed by atoms with E-state index in [1.54, 1.807) is 6.07 Å². The molecule has 0 saturated heterocycles. The van der Waals surface area contributed by atoms with Gasteiger partial charge in [-0.05, 0) is 63.6 Å². The predicted octanol–water partition coefficient (Wildman–Crippen LogP) is 3.48. The number of nitrogens with zero attached hydrogens (tertiary/aromatic N) is 3. The number of hydrogen-bond donors (Lipinski definition) is 1. The van der Waals surface area contributed by atoms with E-state index in [0.717, 1.165) is 30.8 Å². The SMILES string of the molecule is CN1CCc2ccc(-c3ccc(NC(=O)OC(C)(C)C)nn3)cc2C1. The molecule has 0 saturated carbocycles. The van der Waals surface area contributed by atoms with Crippen LogP contribution in [-0.2, 0) is 17.7 Å². The molecule has 0 radical (unpaired) electrons. The molecule has 132 valence electrons. The van der Waals surface area contributed by atoms with Crippen LogP contribution in [0.2, 0.25) is 0 Å². The van der Waals surface area contributed by atoms with Crippen molar-refractivity contribution in [3.05, 3.63) is 41.5 Å². The van der Waals surface area contributed by atoms with Gasteiger partial charge in [0, 0.05) is 18.7 Å². The van der Waals surface area contributed by atoms with E-state index < -0.39 is 11.7 Å². The Morgan fingerprint density at radius 3 is 2.64 bits per heavy atom. The largest absolute Gasteiger partial charge is 0.444 e. The lowest BCUT2D eigenvalue weighted by Crippen LogP contribution is -2.27. The minimum absolute atomic E-state index is 0.371. The Morgan fingerprint density at radius 2 is 1.96 bits per heavy atom. The first-order chi connectivity index (χ1) is 11.8. The molecular weight excluding hydrogens is 316 g/mol. The molecule has 2 aromatic rings. The molecule has 0 bridgehead atoms. The van der Waals surface area contributed by atoms with Crippen molar-refractivity contribution < 1.29 is 9.53 Å². The number of anilines is 1. The number of ether oxygens (including phenoxy) is 1. The number of amides is 1. The maximum atomic E-state index is 11.8. The molecule has 1 aromatic heterocycles. The summed E-state index contributed by atoms with van der Waals surface area (Å²) in [5.41, 5.74) is 4.01. The Morgan fingerprint density at radius 1 is 1.16 bits per heavy atom. The number of rotatable bonds is 2. The molecule has 1 aliphatic heterocycles. The summed E-state index contributed by atoms with van der Waals surface area (Å²) < 4.78 is 5.21. The maximum Gasteiger partial charge on any atom is 0.413 e. The second kappa shape index (κ2) is 6.80. The zero-order valence-corrected chi connectivity index (χ0v) is 15.2. The average Bonchev–Trinajstić information content (AvgIpc) is 2.53. The van der Waals surface area contributed by atoms with E-state index in [2.05, 4.69) is 45.7 Å². The fraction of sp³-hybridized carbons (Fsp3) is 0.421. The topological polar surface area (TPSA) is 67.4 Å². The number of hydrogen-bond acceptors (Lipinski definition) is 5. The van der Waals surface area contributed by atoms with Crippen LogP contribution in [0.4, 0.5) is 10.6 Å². The van der Waals surface area contributed by atoms with Crippen LogP contribution >= 0.6 is 0 Å². The highest BCUT2D eigenvalue weighted by Gasteiger charge is 2.17. The maximum absolute atomic E-state index is 11.8. The summed E-state index contributed by atoms with van der Waals surface area (Å²) in [6.07, 6.45) is 0.544. The van der Waals surface area contributed by atoms with Crippen LogP contribution in [0.25, 0.3) is 11.3 Å². The van der Waals surface area contributed by atoms with Crippen molar-refractivity contribution in [3.63, 3.8) is 0 Å². The number of likely N-dealkylation sites (N-methyl/N-ethyl adjacent to an activating group) is 1. The molecule has 2 heterocycles. The lowest BCUT2D eigenvalue weighted by Gasteiger charge is -2.25. The Bertz CT molecular complexity index is 766. The Hall–Kier alpha value is -2.47. The van der Waals surface area contributed by atoms with Crippen molar-refractivity contribution in [1.29, 1.82) is 0 Å². The van der Waals surface area contributed by atoms with Crippen molar-refractivity contribution in [1.82, 2.24) is 15.1 Å². The van der Waals surface area contributed by atoms with Crippen molar-refractivity contribution >= 4 is 11.9 Å². The fourth-order valence-electron chi connectivity index (χ4n) is 2.82. The highest BCUT2D eigenvalue weighted by Crippen LogP contribution is 2.25. The molecule has 6 nitrogen and oxygen atoms in total. The van der Waals surface area contributed by atoms with E-state index in [1.807, 2.05) is 26.8 Å². The summed E-state index contributed by atoms with van der Waals surface area (Å²) >= 11 is 0. The van der Waals surface area contributed by atoms with Crippen LogP contribution in [-0.4, -0.2) is 40.4 Å². The molecular formula is C19H24N4O2. The van der Waals surface area contributed by atoms with Crippen LogP contribution < -0.4 is 5.32 Å². The first-order valence-electron chi connectivity index (χ1n) is 8.45. The van der Waals surface area contributed by atoms with Crippen molar-refractivity contribution in [3.8, 4) is 11.3 Å². The predicted molar refractivity (Wildman–Crippen MR) is 97.4 cm³/mol. The van der Waals surface area contributed by atoms with Gasteiger partial charge < -0.3 is 9.64 Å². The van der Waals surface area contributed by atoms with Gasteiger partial charge in [-0.15, -0.1) is 10.2 Å². The zero-order valence-electron chi connectivity index (χ0n) is 15.2.